The summed E-state index contributed by atoms with van der Waals surface area (Å²) in [4.78, 5) is 11.0. The zero-order valence-electron chi connectivity index (χ0n) is 16.9. The number of carboxylic acids is 1. The van der Waals surface area contributed by atoms with E-state index in [1.54, 1.807) is 24.3 Å². The van der Waals surface area contributed by atoms with Crippen molar-refractivity contribution in [3.8, 4) is 0 Å². The Kier molecular flexibility index (Phi) is 6.02. The number of hydrogen-bond acceptors (Lipinski definition) is 3. The lowest BCUT2D eigenvalue weighted by Gasteiger charge is -2.27. The fourth-order valence-electron chi connectivity index (χ4n) is 4.33. The normalized spacial score (nSPS) is 15.6. The molecule has 1 aliphatic carbocycles. The fourth-order valence-corrected chi connectivity index (χ4v) is 4.74. The van der Waals surface area contributed by atoms with Gasteiger partial charge in [0.15, 0.2) is 4.77 Å². The molecule has 0 saturated heterocycles. The van der Waals surface area contributed by atoms with Gasteiger partial charge in [-0.3, -0.25) is 0 Å². The summed E-state index contributed by atoms with van der Waals surface area (Å²) in [5.74, 6) is -2.00. The van der Waals surface area contributed by atoms with Gasteiger partial charge in [0.05, 0.1) is 11.3 Å². The van der Waals surface area contributed by atoms with E-state index in [9.17, 15) is 13.6 Å². The van der Waals surface area contributed by atoms with E-state index in [0.717, 1.165) is 17.3 Å². The molecule has 31 heavy (non-hydrogen) atoms. The van der Waals surface area contributed by atoms with Gasteiger partial charge in [-0.15, -0.1) is 0 Å². The first kappa shape index (κ1) is 21.4. The topological polar surface area (TPSA) is 73.2 Å². The minimum Gasteiger partial charge on any atom is -0.478 e. The number of benzene rings is 2. The lowest BCUT2D eigenvalue weighted by molar-refractivity contribution is 0.0697. The Balaban J connectivity index is 1.56. The molecule has 4 rings (SSSR count). The number of rotatable bonds is 6. The molecule has 0 aliphatic heterocycles. The number of imidazole rings is 1. The van der Waals surface area contributed by atoms with Crippen LogP contribution in [0.3, 0.4) is 0 Å². The smallest absolute Gasteiger partial charge is 0.335 e. The van der Waals surface area contributed by atoms with Crippen molar-refractivity contribution in [1.29, 1.82) is 0 Å². The Hall–Kier alpha value is -2.84. The van der Waals surface area contributed by atoms with Crippen LogP contribution in [0.25, 0.3) is 0 Å². The molecule has 1 heterocycles. The molecule has 3 aromatic rings. The Labute approximate surface area is 183 Å². The predicted octanol–water partition coefficient (Wildman–Crippen LogP) is 4.43. The van der Waals surface area contributed by atoms with E-state index in [1.807, 2.05) is 15.3 Å². The summed E-state index contributed by atoms with van der Waals surface area (Å²) in [5.41, 5.74) is 9.39. The van der Waals surface area contributed by atoms with E-state index < -0.39 is 17.6 Å². The van der Waals surface area contributed by atoms with Crippen LogP contribution in [0.5, 0.6) is 0 Å². The number of aryl methyl sites for hydroxylation is 2. The molecule has 162 valence electrons. The summed E-state index contributed by atoms with van der Waals surface area (Å²) in [7, 11) is 0. The molecule has 5 nitrogen and oxygen atoms in total. The molecule has 0 fully saturated rings. The quantitative estimate of drug-likeness (QED) is 0.553. The van der Waals surface area contributed by atoms with E-state index in [2.05, 4.69) is 0 Å². The second kappa shape index (κ2) is 8.72. The van der Waals surface area contributed by atoms with Crippen molar-refractivity contribution >= 4 is 18.2 Å². The van der Waals surface area contributed by atoms with Crippen molar-refractivity contribution in [2.75, 3.05) is 0 Å². The maximum absolute atomic E-state index is 14.1. The monoisotopic (exact) mass is 443 g/mol. The molecule has 0 bridgehead atoms. The third-order valence-electron chi connectivity index (χ3n) is 5.92. The molecule has 0 amide bonds. The molecule has 3 N–H and O–H groups in total. The van der Waals surface area contributed by atoms with Crippen LogP contribution in [-0.4, -0.2) is 20.2 Å². The summed E-state index contributed by atoms with van der Waals surface area (Å²) < 4.78 is 32.4. The summed E-state index contributed by atoms with van der Waals surface area (Å²) in [6.45, 7) is 0.933. The molecular formula is C23H23F2N3O2S. The highest BCUT2D eigenvalue weighted by atomic mass is 32.1. The summed E-state index contributed by atoms with van der Waals surface area (Å²) in [6.07, 6.45) is 4.37. The summed E-state index contributed by atoms with van der Waals surface area (Å²) >= 11 is 5.73. The average molecular weight is 444 g/mol. The van der Waals surface area contributed by atoms with Crippen molar-refractivity contribution in [2.45, 2.75) is 44.8 Å². The number of aromatic nitrogens is 2. The van der Waals surface area contributed by atoms with Crippen molar-refractivity contribution in [3.63, 3.8) is 0 Å². The third kappa shape index (κ3) is 4.31. The van der Waals surface area contributed by atoms with Gasteiger partial charge in [0.25, 0.3) is 0 Å². The number of fused-ring (bicyclic) bond motifs is 1. The van der Waals surface area contributed by atoms with Crippen LogP contribution in [-0.2, 0) is 32.4 Å². The van der Waals surface area contributed by atoms with Crippen molar-refractivity contribution in [2.24, 2.45) is 5.73 Å². The van der Waals surface area contributed by atoms with Crippen LogP contribution in [0.4, 0.5) is 8.78 Å². The standard InChI is InChI=1S/C23H23F2N3O2S/c24-17-9-16-10-18(5-6-20(16)21(25)11-17)28-19(12-26)13-27(23(28)31)8-7-14-1-3-15(4-2-14)22(29)30/h1-4,9,11,13,18H,5-8,10,12,26H2,(H,29,30). The second-order valence-corrected chi connectivity index (χ2v) is 8.21. The van der Waals surface area contributed by atoms with E-state index in [4.69, 9.17) is 23.1 Å². The van der Waals surface area contributed by atoms with Gasteiger partial charge >= 0.3 is 5.97 Å². The van der Waals surface area contributed by atoms with E-state index in [1.165, 1.54) is 6.07 Å². The van der Waals surface area contributed by atoms with Gasteiger partial charge in [0, 0.05) is 31.4 Å². The first-order valence-electron chi connectivity index (χ1n) is 10.2. The summed E-state index contributed by atoms with van der Waals surface area (Å²) in [6, 6.07) is 9.13. The van der Waals surface area contributed by atoms with Gasteiger partial charge < -0.3 is 20.0 Å². The molecule has 0 saturated carbocycles. The molecule has 8 heteroatoms. The number of halogens is 2. The first-order valence-corrected chi connectivity index (χ1v) is 10.6. The summed E-state index contributed by atoms with van der Waals surface area (Å²) in [5, 5.41) is 9.02. The molecule has 0 radical (unpaired) electrons. The predicted molar refractivity (Wildman–Crippen MR) is 116 cm³/mol. The van der Waals surface area contributed by atoms with Crippen LogP contribution >= 0.6 is 12.2 Å². The highest BCUT2D eigenvalue weighted by Gasteiger charge is 2.25. The molecule has 1 aromatic heterocycles. The zero-order valence-corrected chi connectivity index (χ0v) is 17.7. The lowest BCUT2D eigenvalue weighted by Crippen LogP contribution is -2.22. The van der Waals surface area contributed by atoms with Crippen molar-refractivity contribution in [1.82, 2.24) is 9.13 Å². The van der Waals surface area contributed by atoms with Crippen molar-refractivity contribution < 1.29 is 18.7 Å². The Morgan fingerprint density at radius 1 is 1.23 bits per heavy atom. The fraction of sp³-hybridized carbons (Fsp3) is 0.304. The van der Waals surface area contributed by atoms with E-state index in [0.29, 0.717) is 54.7 Å². The minimum absolute atomic E-state index is 0.00384. The maximum atomic E-state index is 14.1. The number of carboxylic acid groups (broad SMARTS) is 1. The van der Waals surface area contributed by atoms with Gasteiger partial charge in [-0.25, -0.2) is 13.6 Å². The van der Waals surface area contributed by atoms with Gasteiger partial charge in [0.1, 0.15) is 11.6 Å². The minimum atomic E-state index is -0.952. The highest BCUT2D eigenvalue weighted by molar-refractivity contribution is 7.71. The first-order chi connectivity index (χ1) is 14.9. The molecule has 1 atom stereocenters. The number of hydrogen-bond donors (Lipinski definition) is 2. The molecule has 2 aromatic carbocycles. The van der Waals surface area contributed by atoms with Crippen LogP contribution in [0.15, 0.2) is 42.6 Å². The van der Waals surface area contributed by atoms with Crippen molar-refractivity contribution in [3.05, 3.63) is 86.9 Å². The highest BCUT2D eigenvalue weighted by Crippen LogP contribution is 2.32. The number of aromatic carboxylic acids is 1. The van der Waals surface area contributed by atoms with Crippen LogP contribution in [0.1, 0.15) is 45.2 Å². The third-order valence-corrected chi connectivity index (χ3v) is 6.35. The Morgan fingerprint density at radius 2 is 1.97 bits per heavy atom. The Bertz CT molecular complexity index is 1180. The zero-order chi connectivity index (χ0) is 22.1. The van der Waals surface area contributed by atoms with Crippen LogP contribution < -0.4 is 5.73 Å². The van der Waals surface area contributed by atoms with Gasteiger partial charge in [-0.1, -0.05) is 12.1 Å². The second-order valence-electron chi connectivity index (χ2n) is 7.84. The molecule has 1 unspecified atom stereocenters. The van der Waals surface area contributed by atoms with E-state index >= 15 is 0 Å². The number of nitrogens with two attached hydrogens (primary N) is 1. The van der Waals surface area contributed by atoms with E-state index in [-0.39, 0.29) is 11.6 Å². The number of nitrogens with zero attached hydrogens (tertiary/aromatic N) is 2. The molecule has 1 aliphatic rings. The maximum Gasteiger partial charge on any atom is 0.335 e. The average Bonchev–Trinajstić information content (AvgIpc) is 3.07. The van der Waals surface area contributed by atoms with Gasteiger partial charge in [-0.05, 0) is 72.8 Å². The number of carbonyl (C=O) groups is 1. The largest absolute Gasteiger partial charge is 0.478 e. The molecule has 0 spiro atoms. The van der Waals surface area contributed by atoms with Crippen LogP contribution in [0.2, 0.25) is 0 Å². The van der Waals surface area contributed by atoms with Gasteiger partial charge in [0.2, 0.25) is 0 Å². The molecular weight excluding hydrogens is 420 g/mol. The Morgan fingerprint density at radius 3 is 2.65 bits per heavy atom. The van der Waals surface area contributed by atoms with Crippen LogP contribution in [0, 0.1) is 16.4 Å². The lowest BCUT2D eigenvalue weighted by atomic mass is 9.87. The SMILES string of the molecule is NCc1cn(CCc2ccc(C(=O)O)cc2)c(=S)n1C1CCc2c(F)cc(F)cc2C1. The van der Waals surface area contributed by atoms with Gasteiger partial charge in [-0.2, -0.15) is 0 Å².